The second kappa shape index (κ2) is 6.05. The zero-order valence-corrected chi connectivity index (χ0v) is 11.9. The van der Waals surface area contributed by atoms with Gasteiger partial charge in [0.2, 0.25) is 0 Å². The predicted octanol–water partition coefficient (Wildman–Crippen LogP) is 3.00. The molecule has 0 fully saturated rings. The third-order valence-electron chi connectivity index (χ3n) is 3.41. The van der Waals surface area contributed by atoms with Gasteiger partial charge in [-0.05, 0) is 33.4 Å². The molecule has 2 unspecified atom stereocenters. The molecule has 102 valence electrons. The van der Waals surface area contributed by atoms with E-state index in [0.29, 0.717) is 6.54 Å². The summed E-state index contributed by atoms with van der Waals surface area (Å²) >= 11 is 0. The van der Waals surface area contributed by atoms with Crippen LogP contribution >= 0.6 is 0 Å². The molecule has 1 heterocycles. The minimum atomic E-state index is -0.749. The van der Waals surface area contributed by atoms with E-state index in [2.05, 4.69) is 11.8 Å². The number of hydrogen-bond acceptors (Lipinski definition) is 3. The van der Waals surface area contributed by atoms with E-state index in [-0.39, 0.29) is 12.0 Å². The Labute approximate surface area is 109 Å². The zero-order valence-electron chi connectivity index (χ0n) is 11.9. The number of carboxylic acids is 1. The van der Waals surface area contributed by atoms with Crippen LogP contribution in [0.25, 0.3) is 0 Å². The maximum atomic E-state index is 10.9. The summed E-state index contributed by atoms with van der Waals surface area (Å²) in [5.74, 6) is 0.708. The highest BCUT2D eigenvalue weighted by Gasteiger charge is 2.22. The van der Waals surface area contributed by atoms with Gasteiger partial charge >= 0.3 is 5.97 Å². The van der Waals surface area contributed by atoms with Gasteiger partial charge < -0.3 is 9.52 Å². The molecule has 0 aromatic carbocycles. The van der Waals surface area contributed by atoms with Gasteiger partial charge in [-0.3, -0.25) is 9.69 Å². The molecular weight excluding hydrogens is 230 g/mol. The Balaban J connectivity index is 2.82. The number of hydrogen-bond donors (Lipinski definition) is 1. The van der Waals surface area contributed by atoms with Crippen molar-refractivity contribution in [2.24, 2.45) is 5.92 Å². The average molecular weight is 253 g/mol. The van der Waals surface area contributed by atoms with Crippen molar-refractivity contribution in [3.05, 3.63) is 23.2 Å². The second-order valence-electron chi connectivity index (χ2n) is 4.87. The smallest absolute Gasteiger partial charge is 0.307 e. The fourth-order valence-electron chi connectivity index (χ4n) is 2.25. The highest BCUT2D eigenvalue weighted by molar-refractivity contribution is 5.69. The first-order valence-electron chi connectivity index (χ1n) is 6.40. The molecule has 1 rings (SSSR count). The number of nitrogens with zero attached hydrogens (tertiary/aromatic N) is 1. The minimum absolute atomic E-state index is 0.175. The molecule has 0 radical (unpaired) electrons. The summed E-state index contributed by atoms with van der Waals surface area (Å²) in [6, 6.07) is 2.21. The molecule has 0 aliphatic carbocycles. The predicted molar refractivity (Wildman–Crippen MR) is 70.6 cm³/mol. The molecule has 1 N–H and O–H groups in total. The van der Waals surface area contributed by atoms with Gasteiger partial charge in [-0.25, -0.2) is 0 Å². The van der Waals surface area contributed by atoms with Crippen LogP contribution in [0.1, 0.15) is 43.9 Å². The normalized spacial score (nSPS) is 14.8. The maximum Gasteiger partial charge on any atom is 0.307 e. The lowest BCUT2D eigenvalue weighted by Gasteiger charge is -2.29. The van der Waals surface area contributed by atoms with Gasteiger partial charge in [-0.1, -0.05) is 13.8 Å². The van der Waals surface area contributed by atoms with E-state index < -0.39 is 5.97 Å². The van der Waals surface area contributed by atoms with Crippen LogP contribution < -0.4 is 0 Å². The third kappa shape index (κ3) is 3.35. The summed E-state index contributed by atoms with van der Waals surface area (Å²) in [4.78, 5) is 13.1. The summed E-state index contributed by atoms with van der Waals surface area (Å²) in [5.41, 5.74) is 1.15. The number of furan rings is 1. The molecule has 4 nitrogen and oxygen atoms in total. The van der Waals surface area contributed by atoms with Crippen molar-refractivity contribution in [2.45, 2.75) is 40.7 Å². The monoisotopic (exact) mass is 253 g/mol. The second-order valence-corrected chi connectivity index (χ2v) is 4.87. The Morgan fingerprint density at radius 3 is 2.44 bits per heavy atom. The standard InChI is InChI=1S/C14H23NO3/c1-6-15(8-9(2)14(16)17)11(4)13-7-10(3)18-12(13)5/h7,9,11H,6,8H2,1-5H3,(H,16,17). The molecule has 4 heteroatoms. The van der Waals surface area contributed by atoms with Gasteiger partial charge in [0.05, 0.1) is 5.92 Å². The lowest BCUT2D eigenvalue weighted by atomic mass is 10.1. The van der Waals surface area contributed by atoms with E-state index in [1.165, 1.54) is 0 Å². The van der Waals surface area contributed by atoms with Crippen molar-refractivity contribution in [1.82, 2.24) is 4.90 Å². The average Bonchev–Trinajstić information content (AvgIpc) is 2.63. The van der Waals surface area contributed by atoms with Crippen molar-refractivity contribution in [3.63, 3.8) is 0 Å². The first-order valence-corrected chi connectivity index (χ1v) is 6.40. The van der Waals surface area contributed by atoms with Crippen LogP contribution in [0.2, 0.25) is 0 Å². The van der Waals surface area contributed by atoms with E-state index >= 15 is 0 Å². The van der Waals surface area contributed by atoms with Crippen LogP contribution in [-0.2, 0) is 4.79 Å². The molecule has 2 atom stereocenters. The number of aliphatic carboxylic acids is 1. The Kier molecular flexibility index (Phi) is 4.96. The van der Waals surface area contributed by atoms with Crippen LogP contribution in [0, 0.1) is 19.8 Å². The van der Waals surface area contributed by atoms with Gasteiger partial charge in [-0.2, -0.15) is 0 Å². The summed E-state index contributed by atoms with van der Waals surface area (Å²) < 4.78 is 5.54. The molecule has 0 aliphatic rings. The number of rotatable bonds is 6. The van der Waals surface area contributed by atoms with Gasteiger partial charge in [0.25, 0.3) is 0 Å². The first-order chi connectivity index (χ1) is 8.36. The van der Waals surface area contributed by atoms with Crippen LogP contribution in [0.4, 0.5) is 0 Å². The summed E-state index contributed by atoms with van der Waals surface area (Å²) in [5, 5.41) is 8.99. The first kappa shape index (κ1) is 14.8. The van der Waals surface area contributed by atoms with Crippen LogP contribution in [-0.4, -0.2) is 29.1 Å². The summed E-state index contributed by atoms with van der Waals surface area (Å²) in [6.45, 7) is 11.1. The molecule has 0 saturated heterocycles. The largest absolute Gasteiger partial charge is 0.481 e. The lowest BCUT2D eigenvalue weighted by molar-refractivity contribution is -0.141. The fourth-order valence-corrected chi connectivity index (χ4v) is 2.25. The molecule has 0 saturated carbocycles. The Morgan fingerprint density at radius 1 is 1.44 bits per heavy atom. The Bertz CT molecular complexity index is 411. The Hall–Kier alpha value is -1.29. The molecule has 0 spiro atoms. The summed E-state index contributed by atoms with van der Waals surface area (Å²) in [7, 11) is 0. The van der Waals surface area contributed by atoms with E-state index in [9.17, 15) is 4.79 Å². The van der Waals surface area contributed by atoms with Crippen molar-refractivity contribution in [2.75, 3.05) is 13.1 Å². The van der Waals surface area contributed by atoms with Gasteiger partial charge in [0.1, 0.15) is 11.5 Å². The zero-order chi connectivity index (χ0) is 13.9. The SMILES string of the molecule is CCN(CC(C)C(=O)O)C(C)c1cc(C)oc1C. The molecule has 0 aliphatic heterocycles. The van der Waals surface area contributed by atoms with Crippen LogP contribution in [0.15, 0.2) is 10.5 Å². The fraction of sp³-hybridized carbons (Fsp3) is 0.643. The molecular formula is C14H23NO3. The topological polar surface area (TPSA) is 53.7 Å². The lowest BCUT2D eigenvalue weighted by Crippen LogP contribution is -2.34. The molecule has 0 bridgehead atoms. The summed E-state index contributed by atoms with van der Waals surface area (Å²) in [6.07, 6.45) is 0. The van der Waals surface area contributed by atoms with Gasteiger partial charge in [-0.15, -0.1) is 0 Å². The third-order valence-corrected chi connectivity index (χ3v) is 3.41. The van der Waals surface area contributed by atoms with E-state index in [4.69, 9.17) is 9.52 Å². The number of aryl methyl sites for hydroxylation is 2. The minimum Gasteiger partial charge on any atom is -0.481 e. The van der Waals surface area contributed by atoms with Crippen LogP contribution in [0.5, 0.6) is 0 Å². The van der Waals surface area contributed by atoms with Crippen LogP contribution in [0.3, 0.4) is 0 Å². The van der Waals surface area contributed by atoms with Crippen molar-refractivity contribution >= 4 is 5.97 Å². The molecule has 0 amide bonds. The molecule has 1 aromatic heterocycles. The quantitative estimate of drug-likeness (QED) is 0.846. The van der Waals surface area contributed by atoms with Gasteiger partial charge in [0.15, 0.2) is 0 Å². The van der Waals surface area contributed by atoms with Gasteiger partial charge in [0, 0.05) is 18.2 Å². The van der Waals surface area contributed by atoms with Crippen molar-refractivity contribution in [3.8, 4) is 0 Å². The van der Waals surface area contributed by atoms with E-state index in [0.717, 1.165) is 23.6 Å². The highest BCUT2D eigenvalue weighted by Crippen LogP contribution is 2.26. The number of carboxylic acid groups (broad SMARTS) is 1. The molecule has 1 aromatic rings. The van der Waals surface area contributed by atoms with Crippen molar-refractivity contribution in [1.29, 1.82) is 0 Å². The maximum absolute atomic E-state index is 10.9. The van der Waals surface area contributed by atoms with E-state index in [1.807, 2.05) is 26.8 Å². The highest BCUT2D eigenvalue weighted by atomic mass is 16.4. The molecule has 18 heavy (non-hydrogen) atoms. The Morgan fingerprint density at radius 2 is 2.06 bits per heavy atom. The number of carbonyl (C=O) groups is 1. The van der Waals surface area contributed by atoms with Crippen molar-refractivity contribution < 1.29 is 14.3 Å². The van der Waals surface area contributed by atoms with E-state index in [1.54, 1.807) is 6.92 Å².